The lowest BCUT2D eigenvalue weighted by molar-refractivity contribution is 0.0947. The molecular formula is C20H24FN3O. The number of hydrogen-bond acceptors (Lipinski definition) is 3. The summed E-state index contributed by atoms with van der Waals surface area (Å²) in [4.78, 5) is 16.6. The molecule has 2 aromatic rings. The van der Waals surface area contributed by atoms with Gasteiger partial charge in [-0.25, -0.2) is 4.39 Å². The largest absolute Gasteiger partial charge is 0.367 e. The van der Waals surface area contributed by atoms with E-state index < -0.39 is 0 Å². The number of hydrogen-bond donors (Lipinski definition) is 1. The molecule has 0 radical (unpaired) electrons. The second-order valence-corrected chi connectivity index (χ2v) is 6.35. The lowest BCUT2D eigenvalue weighted by Gasteiger charge is -2.36. The van der Waals surface area contributed by atoms with Crippen molar-refractivity contribution >= 4 is 11.6 Å². The topological polar surface area (TPSA) is 35.6 Å². The minimum Gasteiger partial charge on any atom is -0.367 e. The SMILES string of the molecule is Cc1ccccc1C(=O)NCCN1CCN(c2ccccc2F)CC1. The first-order chi connectivity index (χ1) is 12.1. The molecule has 1 heterocycles. The summed E-state index contributed by atoms with van der Waals surface area (Å²) >= 11 is 0. The number of amides is 1. The van der Waals surface area contributed by atoms with Gasteiger partial charge in [-0.3, -0.25) is 9.69 Å². The van der Waals surface area contributed by atoms with Crippen molar-refractivity contribution in [3.63, 3.8) is 0 Å². The number of halogens is 1. The fourth-order valence-corrected chi connectivity index (χ4v) is 3.17. The Morgan fingerprint density at radius 3 is 2.44 bits per heavy atom. The molecule has 0 bridgehead atoms. The summed E-state index contributed by atoms with van der Waals surface area (Å²) in [6.45, 7) is 6.70. The highest BCUT2D eigenvalue weighted by atomic mass is 19.1. The van der Waals surface area contributed by atoms with Gasteiger partial charge < -0.3 is 10.2 Å². The van der Waals surface area contributed by atoms with E-state index in [4.69, 9.17) is 0 Å². The molecule has 0 aromatic heterocycles. The zero-order valence-corrected chi connectivity index (χ0v) is 14.5. The molecule has 0 unspecified atom stereocenters. The first-order valence-electron chi connectivity index (χ1n) is 8.71. The first-order valence-corrected chi connectivity index (χ1v) is 8.71. The average molecular weight is 341 g/mol. The van der Waals surface area contributed by atoms with Crippen molar-refractivity contribution in [3.8, 4) is 0 Å². The fourth-order valence-electron chi connectivity index (χ4n) is 3.17. The third kappa shape index (κ3) is 4.37. The number of aryl methyl sites for hydroxylation is 1. The van der Waals surface area contributed by atoms with Crippen molar-refractivity contribution in [2.75, 3.05) is 44.2 Å². The van der Waals surface area contributed by atoms with Gasteiger partial charge in [-0.2, -0.15) is 0 Å². The summed E-state index contributed by atoms with van der Waals surface area (Å²) in [5, 5.41) is 2.98. The summed E-state index contributed by atoms with van der Waals surface area (Å²) in [6.07, 6.45) is 0. The van der Waals surface area contributed by atoms with E-state index in [0.29, 0.717) is 12.2 Å². The molecule has 0 saturated carbocycles. The maximum Gasteiger partial charge on any atom is 0.251 e. The van der Waals surface area contributed by atoms with Crippen LogP contribution in [0.1, 0.15) is 15.9 Å². The molecule has 1 saturated heterocycles. The second kappa shape index (κ2) is 8.12. The number of piperazine rings is 1. The van der Waals surface area contributed by atoms with Gasteiger partial charge in [0.05, 0.1) is 5.69 Å². The molecule has 0 atom stereocenters. The predicted octanol–water partition coefficient (Wildman–Crippen LogP) is 2.69. The van der Waals surface area contributed by atoms with Crippen LogP contribution in [0.4, 0.5) is 10.1 Å². The van der Waals surface area contributed by atoms with Crippen molar-refractivity contribution in [2.24, 2.45) is 0 Å². The molecular weight excluding hydrogens is 317 g/mol. The van der Waals surface area contributed by atoms with Crippen LogP contribution in [0.15, 0.2) is 48.5 Å². The highest BCUT2D eigenvalue weighted by molar-refractivity contribution is 5.95. The molecule has 0 aliphatic carbocycles. The third-order valence-electron chi connectivity index (χ3n) is 4.67. The van der Waals surface area contributed by atoms with Gasteiger partial charge in [0.25, 0.3) is 5.91 Å². The van der Waals surface area contributed by atoms with Crippen LogP contribution in [0.5, 0.6) is 0 Å². The van der Waals surface area contributed by atoms with Gasteiger partial charge in [-0.05, 0) is 30.7 Å². The Kier molecular flexibility index (Phi) is 5.66. The van der Waals surface area contributed by atoms with Gasteiger partial charge in [-0.1, -0.05) is 30.3 Å². The van der Waals surface area contributed by atoms with Gasteiger partial charge in [0, 0.05) is 44.8 Å². The molecule has 1 amide bonds. The average Bonchev–Trinajstić information content (AvgIpc) is 2.63. The summed E-state index contributed by atoms with van der Waals surface area (Å²) in [6, 6.07) is 14.5. The standard InChI is InChI=1S/C20H24FN3O/c1-16-6-2-3-7-17(16)20(25)22-10-11-23-12-14-24(15-13-23)19-9-5-4-8-18(19)21/h2-9H,10-15H2,1H3,(H,22,25). The van der Waals surface area contributed by atoms with Crippen LogP contribution < -0.4 is 10.2 Å². The molecule has 1 aliphatic rings. The van der Waals surface area contributed by atoms with Crippen LogP contribution in [0.25, 0.3) is 0 Å². The van der Waals surface area contributed by atoms with E-state index in [9.17, 15) is 9.18 Å². The van der Waals surface area contributed by atoms with E-state index in [1.54, 1.807) is 6.07 Å². The maximum absolute atomic E-state index is 13.9. The predicted molar refractivity (Wildman–Crippen MR) is 98.6 cm³/mol. The minimum atomic E-state index is -0.165. The Morgan fingerprint density at radius 1 is 1.04 bits per heavy atom. The first kappa shape index (κ1) is 17.4. The molecule has 1 N–H and O–H groups in total. The molecule has 5 heteroatoms. The monoisotopic (exact) mass is 341 g/mol. The molecule has 3 rings (SSSR count). The molecule has 2 aromatic carbocycles. The molecule has 132 valence electrons. The Labute approximate surface area is 148 Å². The van der Waals surface area contributed by atoms with E-state index in [2.05, 4.69) is 15.1 Å². The van der Waals surface area contributed by atoms with E-state index in [-0.39, 0.29) is 11.7 Å². The zero-order chi connectivity index (χ0) is 17.6. The van der Waals surface area contributed by atoms with Crippen LogP contribution in [0, 0.1) is 12.7 Å². The van der Waals surface area contributed by atoms with Crippen LogP contribution in [-0.4, -0.2) is 50.1 Å². The van der Waals surface area contributed by atoms with E-state index in [0.717, 1.165) is 43.9 Å². The maximum atomic E-state index is 13.9. The Bertz CT molecular complexity index is 726. The van der Waals surface area contributed by atoms with Crippen LogP contribution in [0.2, 0.25) is 0 Å². The normalized spacial score (nSPS) is 15.2. The van der Waals surface area contributed by atoms with Crippen LogP contribution in [0.3, 0.4) is 0 Å². The third-order valence-corrected chi connectivity index (χ3v) is 4.67. The van der Waals surface area contributed by atoms with Gasteiger partial charge in [-0.15, -0.1) is 0 Å². The highest BCUT2D eigenvalue weighted by Crippen LogP contribution is 2.19. The van der Waals surface area contributed by atoms with Crippen molar-refractivity contribution < 1.29 is 9.18 Å². The molecule has 1 aliphatic heterocycles. The smallest absolute Gasteiger partial charge is 0.251 e. The van der Waals surface area contributed by atoms with Crippen LogP contribution in [-0.2, 0) is 0 Å². The lowest BCUT2D eigenvalue weighted by atomic mass is 10.1. The van der Waals surface area contributed by atoms with Crippen LogP contribution >= 0.6 is 0 Å². The highest BCUT2D eigenvalue weighted by Gasteiger charge is 2.19. The van der Waals surface area contributed by atoms with Crippen molar-refractivity contribution in [3.05, 3.63) is 65.5 Å². The van der Waals surface area contributed by atoms with E-state index >= 15 is 0 Å². The Balaban J connectivity index is 1.43. The number of rotatable bonds is 5. The molecule has 0 spiro atoms. The number of carbonyl (C=O) groups is 1. The molecule has 1 fully saturated rings. The summed E-state index contributed by atoms with van der Waals surface area (Å²) in [5.74, 6) is -0.190. The Morgan fingerprint density at radius 2 is 1.72 bits per heavy atom. The number of carbonyl (C=O) groups excluding carboxylic acids is 1. The van der Waals surface area contributed by atoms with Gasteiger partial charge in [0.2, 0.25) is 0 Å². The van der Waals surface area contributed by atoms with Crippen molar-refractivity contribution in [2.45, 2.75) is 6.92 Å². The van der Waals surface area contributed by atoms with Crippen molar-refractivity contribution in [1.82, 2.24) is 10.2 Å². The Hall–Kier alpha value is -2.40. The van der Waals surface area contributed by atoms with Gasteiger partial charge in [0.15, 0.2) is 0 Å². The van der Waals surface area contributed by atoms with E-state index in [1.165, 1.54) is 6.07 Å². The quantitative estimate of drug-likeness (QED) is 0.908. The van der Waals surface area contributed by atoms with Gasteiger partial charge >= 0.3 is 0 Å². The summed E-state index contributed by atoms with van der Waals surface area (Å²) < 4.78 is 13.9. The number of benzene rings is 2. The number of nitrogens with zero attached hydrogens (tertiary/aromatic N) is 2. The molecule has 4 nitrogen and oxygen atoms in total. The number of nitrogens with one attached hydrogen (secondary N) is 1. The van der Waals surface area contributed by atoms with Crippen molar-refractivity contribution in [1.29, 1.82) is 0 Å². The van der Waals surface area contributed by atoms with E-state index in [1.807, 2.05) is 43.3 Å². The number of para-hydroxylation sites is 1. The second-order valence-electron chi connectivity index (χ2n) is 6.35. The fraction of sp³-hybridized carbons (Fsp3) is 0.350. The lowest BCUT2D eigenvalue weighted by Crippen LogP contribution is -2.48. The van der Waals surface area contributed by atoms with Gasteiger partial charge in [0.1, 0.15) is 5.82 Å². The summed E-state index contributed by atoms with van der Waals surface area (Å²) in [7, 11) is 0. The minimum absolute atomic E-state index is 0.0249. The number of anilines is 1. The summed E-state index contributed by atoms with van der Waals surface area (Å²) in [5.41, 5.74) is 2.39. The molecule has 25 heavy (non-hydrogen) atoms. The zero-order valence-electron chi connectivity index (χ0n) is 14.5.